The van der Waals surface area contributed by atoms with Crippen molar-refractivity contribution in [3.63, 3.8) is 0 Å². The van der Waals surface area contributed by atoms with Gasteiger partial charge < -0.3 is 5.32 Å². The molecule has 64 valence electrons. The molecule has 1 heterocycles. The van der Waals surface area contributed by atoms with Crippen molar-refractivity contribution < 1.29 is 0 Å². The minimum atomic E-state index is 0.597. The third-order valence-corrected chi connectivity index (χ3v) is 4.42. The second kappa shape index (κ2) is 1.82. The summed E-state index contributed by atoms with van der Waals surface area (Å²) in [5, 5.41) is 3.36. The largest absolute Gasteiger partial charge is 0.316 e. The first-order chi connectivity index (χ1) is 4.98. The van der Waals surface area contributed by atoms with Crippen LogP contribution in [0.15, 0.2) is 0 Å². The molecule has 0 aromatic heterocycles. The summed E-state index contributed by atoms with van der Waals surface area (Å²) < 4.78 is 0. The lowest BCUT2D eigenvalue weighted by Gasteiger charge is -2.29. The zero-order valence-corrected chi connectivity index (χ0v) is 8.07. The van der Waals surface area contributed by atoms with Gasteiger partial charge in [-0.1, -0.05) is 27.7 Å². The minimum absolute atomic E-state index is 0.597. The molecule has 2 rings (SSSR count). The highest BCUT2D eigenvalue weighted by atomic mass is 15.0. The van der Waals surface area contributed by atoms with Gasteiger partial charge in [0.25, 0.3) is 0 Å². The Morgan fingerprint density at radius 3 is 1.55 bits per heavy atom. The fourth-order valence-corrected chi connectivity index (χ4v) is 2.97. The van der Waals surface area contributed by atoms with Crippen molar-refractivity contribution in [1.82, 2.24) is 5.32 Å². The third kappa shape index (κ3) is 0.752. The van der Waals surface area contributed by atoms with Crippen LogP contribution in [0, 0.1) is 22.7 Å². The van der Waals surface area contributed by atoms with E-state index in [1.54, 1.807) is 0 Å². The number of hydrogen-bond donors (Lipinski definition) is 1. The topological polar surface area (TPSA) is 12.0 Å². The zero-order chi connectivity index (χ0) is 8.28. The van der Waals surface area contributed by atoms with Crippen molar-refractivity contribution in [1.29, 1.82) is 0 Å². The summed E-state index contributed by atoms with van der Waals surface area (Å²) in [6, 6.07) is 0. The first kappa shape index (κ1) is 7.60. The van der Waals surface area contributed by atoms with Crippen LogP contribution < -0.4 is 5.32 Å². The predicted molar refractivity (Wildman–Crippen MR) is 47.4 cm³/mol. The van der Waals surface area contributed by atoms with E-state index in [9.17, 15) is 0 Å². The van der Waals surface area contributed by atoms with Gasteiger partial charge in [0, 0.05) is 0 Å². The van der Waals surface area contributed by atoms with E-state index in [-0.39, 0.29) is 0 Å². The smallest absolute Gasteiger partial charge is 0.000518 e. The molecule has 1 aliphatic carbocycles. The fourth-order valence-electron chi connectivity index (χ4n) is 2.97. The lowest BCUT2D eigenvalue weighted by molar-refractivity contribution is 0.267. The Balaban J connectivity index is 2.08. The zero-order valence-electron chi connectivity index (χ0n) is 8.07. The van der Waals surface area contributed by atoms with Crippen molar-refractivity contribution >= 4 is 0 Å². The maximum Gasteiger partial charge on any atom is -0.000518 e. The molecule has 1 saturated heterocycles. The highest BCUT2D eigenvalue weighted by Crippen LogP contribution is 2.71. The van der Waals surface area contributed by atoms with E-state index < -0.39 is 0 Å². The maximum atomic E-state index is 3.36. The van der Waals surface area contributed by atoms with Crippen molar-refractivity contribution in [2.24, 2.45) is 22.7 Å². The SMILES string of the molecule is CC1(C)C(C2CNC2)C1(C)C. The average molecular weight is 153 g/mol. The van der Waals surface area contributed by atoms with E-state index in [0.717, 1.165) is 11.8 Å². The van der Waals surface area contributed by atoms with Gasteiger partial charge in [-0.2, -0.15) is 0 Å². The molecule has 0 aromatic rings. The van der Waals surface area contributed by atoms with Gasteiger partial charge in [0.1, 0.15) is 0 Å². The van der Waals surface area contributed by atoms with Crippen LogP contribution in [0.4, 0.5) is 0 Å². The molecule has 0 radical (unpaired) electrons. The Morgan fingerprint density at radius 2 is 1.45 bits per heavy atom. The summed E-state index contributed by atoms with van der Waals surface area (Å²) in [6.45, 7) is 12.2. The van der Waals surface area contributed by atoms with Gasteiger partial charge in [0.15, 0.2) is 0 Å². The second-order valence-corrected chi connectivity index (χ2v) is 5.34. The summed E-state index contributed by atoms with van der Waals surface area (Å²) in [7, 11) is 0. The van der Waals surface area contributed by atoms with E-state index in [0.29, 0.717) is 10.8 Å². The van der Waals surface area contributed by atoms with Crippen LogP contribution in [0.1, 0.15) is 27.7 Å². The summed E-state index contributed by atoms with van der Waals surface area (Å²) in [5.74, 6) is 1.94. The van der Waals surface area contributed by atoms with Gasteiger partial charge in [-0.05, 0) is 35.8 Å². The molecular weight excluding hydrogens is 134 g/mol. The van der Waals surface area contributed by atoms with E-state index in [1.165, 1.54) is 13.1 Å². The summed E-state index contributed by atoms with van der Waals surface area (Å²) in [4.78, 5) is 0. The van der Waals surface area contributed by atoms with Gasteiger partial charge in [0.2, 0.25) is 0 Å². The Morgan fingerprint density at radius 1 is 1.00 bits per heavy atom. The van der Waals surface area contributed by atoms with Gasteiger partial charge >= 0.3 is 0 Å². The fraction of sp³-hybridized carbons (Fsp3) is 1.00. The van der Waals surface area contributed by atoms with Crippen LogP contribution in [-0.4, -0.2) is 13.1 Å². The molecule has 1 aliphatic heterocycles. The number of rotatable bonds is 1. The maximum absolute atomic E-state index is 3.36. The highest BCUT2D eigenvalue weighted by molar-refractivity contribution is 5.16. The molecule has 1 nitrogen and oxygen atoms in total. The minimum Gasteiger partial charge on any atom is -0.316 e. The van der Waals surface area contributed by atoms with Crippen LogP contribution in [0.25, 0.3) is 0 Å². The molecule has 1 heteroatoms. The molecule has 1 saturated carbocycles. The number of nitrogens with one attached hydrogen (secondary N) is 1. The normalized spacial score (nSPS) is 34.9. The highest BCUT2D eigenvalue weighted by Gasteiger charge is 2.67. The van der Waals surface area contributed by atoms with Crippen molar-refractivity contribution in [3.8, 4) is 0 Å². The molecular formula is C10H19N. The molecule has 0 bridgehead atoms. The lowest BCUT2D eigenvalue weighted by atomic mass is 9.91. The van der Waals surface area contributed by atoms with Crippen LogP contribution in [0.3, 0.4) is 0 Å². The Hall–Kier alpha value is -0.0400. The van der Waals surface area contributed by atoms with Crippen molar-refractivity contribution in [3.05, 3.63) is 0 Å². The van der Waals surface area contributed by atoms with Gasteiger partial charge in [-0.25, -0.2) is 0 Å². The molecule has 1 N–H and O–H groups in total. The Kier molecular flexibility index (Phi) is 1.26. The quantitative estimate of drug-likeness (QED) is 0.606. The molecule has 2 fully saturated rings. The van der Waals surface area contributed by atoms with Crippen molar-refractivity contribution in [2.75, 3.05) is 13.1 Å². The van der Waals surface area contributed by atoms with Crippen LogP contribution in [-0.2, 0) is 0 Å². The lowest BCUT2D eigenvalue weighted by Crippen LogP contribution is -2.44. The first-order valence-corrected chi connectivity index (χ1v) is 4.68. The molecule has 11 heavy (non-hydrogen) atoms. The van der Waals surface area contributed by atoms with E-state index in [2.05, 4.69) is 33.0 Å². The van der Waals surface area contributed by atoms with Crippen LogP contribution in [0.5, 0.6) is 0 Å². The van der Waals surface area contributed by atoms with E-state index in [4.69, 9.17) is 0 Å². The van der Waals surface area contributed by atoms with E-state index >= 15 is 0 Å². The van der Waals surface area contributed by atoms with Gasteiger partial charge in [0.05, 0.1) is 0 Å². The van der Waals surface area contributed by atoms with E-state index in [1.807, 2.05) is 0 Å². The first-order valence-electron chi connectivity index (χ1n) is 4.68. The number of hydrogen-bond acceptors (Lipinski definition) is 1. The molecule has 0 aromatic carbocycles. The average Bonchev–Trinajstić information content (AvgIpc) is 2.07. The predicted octanol–water partition coefficient (Wildman–Crippen LogP) is 1.89. The molecule has 0 unspecified atom stereocenters. The van der Waals surface area contributed by atoms with Crippen LogP contribution >= 0.6 is 0 Å². The third-order valence-electron chi connectivity index (χ3n) is 4.42. The summed E-state index contributed by atoms with van der Waals surface area (Å²) in [5.41, 5.74) is 1.19. The Labute approximate surface area is 69.6 Å². The van der Waals surface area contributed by atoms with Gasteiger partial charge in [-0.3, -0.25) is 0 Å². The molecule has 0 spiro atoms. The Bertz CT molecular complexity index is 163. The van der Waals surface area contributed by atoms with Gasteiger partial charge in [-0.15, -0.1) is 0 Å². The standard InChI is InChI=1S/C10H19N/c1-9(2)8(10(9,3)4)7-5-11-6-7/h7-8,11H,5-6H2,1-4H3. The monoisotopic (exact) mass is 153 g/mol. The van der Waals surface area contributed by atoms with Crippen LogP contribution in [0.2, 0.25) is 0 Å². The molecule has 0 amide bonds. The molecule has 2 aliphatic rings. The van der Waals surface area contributed by atoms with Crippen molar-refractivity contribution in [2.45, 2.75) is 27.7 Å². The summed E-state index contributed by atoms with van der Waals surface area (Å²) >= 11 is 0. The molecule has 0 atom stereocenters. The summed E-state index contributed by atoms with van der Waals surface area (Å²) in [6.07, 6.45) is 0. The second-order valence-electron chi connectivity index (χ2n) is 5.34.